The summed E-state index contributed by atoms with van der Waals surface area (Å²) in [5.74, 6) is 0.214. The quantitative estimate of drug-likeness (QED) is 0.738. The molecule has 1 aliphatic heterocycles. The van der Waals surface area contributed by atoms with Crippen LogP contribution in [0, 0.1) is 0 Å². The van der Waals surface area contributed by atoms with Gasteiger partial charge in [0.05, 0.1) is 11.5 Å². The second-order valence-corrected chi connectivity index (χ2v) is 8.00. The molecule has 2 aromatic rings. The predicted molar refractivity (Wildman–Crippen MR) is 113 cm³/mol. The van der Waals surface area contributed by atoms with Crippen molar-refractivity contribution in [1.29, 1.82) is 0 Å². The van der Waals surface area contributed by atoms with Crippen LogP contribution in [0.5, 0.6) is 0 Å². The van der Waals surface area contributed by atoms with E-state index >= 15 is 0 Å². The fourth-order valence-corrected chi connectivity index (χ4v) is 4.32. The average molecular weight is 381 g/mol. The van der Waals surface area contributed by atoms with Crippen LogP contribution in [0.15, 0.2) is 60.7 Å². The highest BCUT2D eigenvalue weighted by Gasteiger charge is 2.43. The van der Waals surface area contributed by atoms with Gasteiger partial charge in [-0.3, -0.25) is 4.79 Å². The largest absolute Gasteiger partial charge is 0.380 e. The Morgan fingerprint density at radius 2 is 1.61 bits per heavy atom. The van der Waals surface area contributed by atoms with Gasteiger partial charge in [0.25, 0.3) is 0 Å². The van der Waals surface area contributed by atoms with Crippen LogP contribution in [0.1, 0.15) is 24.0 Å². The summed E-state index contributed by atoms with van der Waals surface area (Å²) in [5, 5.41) is 0. The molecule has 0 saturated carbocycles. The molecule has 1 amide bonds. The number of carbonyl (C=O) groups excluding carboxylic acids is 1. The van der Waals surface area contributed by atoms with E-state index in [2.05, 4.69) is 41.3 Å². The van der Waals surface area contributed by atoms with Gasteiger partial charge in [0.2, 0.25) is 5.91 Å². The lowest BCUT2D eigenvalue weighted by molar-refractivity contribution is -0.137. The van der Waals surface area contributed by atoms with Crippen molar-refractivity contribution in [3.05, 3.63) is 71.8 Å². The topological polar surface area (TPSA) is 32.8 Å². The van der Waals surface area contributed by atoms with Crippen molar-refractivity contribution >= 4 is 5.91 Å². The molecule has 4 nitrogen and oxygen atoms in total. The molecule has 150 valence electrons. The fourth-order valence-electron chi connectivity index (χ4n) is 4.32. The number of nitrogens with zero attached hydrogens (tertiary/aromatic N) is 2. The number of likely N-dealkylation sites (tertiary alicyclic amines) is 1. The first kappa shape index (κ1) is 20.6. The highest BCUT2D eigenvalue weighted by Crippen LogP contribution is 2.37. The van der Waals surface area contributed by atoms with Gasteiger partial charge in [-0.2, -0.15) is 0 Å². The molecule has 2 aromatic carbocycles. The first-order valence-electron chi connectivity index (χ1n) is 10.1. The van der Waals surface area contributed by atoms with E-state index in [1.807, 2.05) is 38.4 Å². The number of carbonyl (C=O) groups is 1. The van der Waals surface area contributed by atoms with Gasteiger partial charge in [-0.05, 0) is 43.5 Å². The lowest BCUT2D eigenvalue weighted by Gasteiger charge is -2.43. The summed E-state index contributed by atoms with van der Waals surface area (Å²) < 4.78 is 5.76. The number of ether oxygens (including phenoxy) is 1. The minimum Gasteiger partial charge on any atom is -0.380 e. The first-order valence-corrected chi connectivity index (χ1v) is 10.1. The van der Waals surface area contributed by atoms with Gasteiger partial charge in [0, 0.05) is 27.7 Å². The minimum atomic E-state index is -0.413. The summed E-state index contributed by atoms with van der Waals surface area (Å²) in [4.78, 5) is 17.3. The smallest absolute Gasteiger partial charge is 0.232 e. The molecule has 1 unspecified atom stereocenters. The monoisotopic (exact) mass is 380 g/mol. The first-order chi connectivity index (χ1) is 13.5. The van der Waals surface area contributed by atoms with E-state index < -0.39 is 5.41 Å². The van der Waals surface area contributed by atoms with E-state index in [1.165, 1.54) is 5.56 Å². The molecule has 28 heavy (non-hydrogen) atoms. The van der Waals surface area contributed by atoms with Crippen molar-refractivity contribution in [1.82, 2.24) is 9.80 Å². The standard InChI is InChI=1S/C24H32N2O2/c1-25(2)23(27)24(21-12-8-5-9-13-21)14-16-26(17-15-24)19-22(28-3)18-20-10-6-4-7-11-20/h4-13,22H,14-19H2,1-3H3. The zero-order valence-electron chi connectivity index (χ0n) is 17.3. The summed E-state index contributed by atoms with van der Waals surface area (Å²) in [7, 11) is 5.52. The van der Waals surface area contributed by atoms with Crippen LogP contribution in [-0.2, 0) is 21.4 Å². The van der Waals surface area contributed by atoms with E-state index in [0.29, 0.717) is 0 Å². The molecule has 0 spiro atoms. The van der Waals surface area contributed by atoms with Crippen LogP contribution in [0.3, 0.4) is 0 Å². The summed E-state index contributed by atoms with van der Waals surface area (Å²) in [6, 6.07) is 20.8. The summed E-state index contributed by atoms with van der Waals surface area (Å²) in [6.07, 6.45) is 2.76. The van der Waals surface area contributed by atoms with Crippen molar-refractivity contribution in [2.75, 3.05) is 40.8 Å². The third-order valence-corrected chi connectivity index (χ3v) is 5.95. The van der Waals surface area contributed by atoms with Crippen molar-refractivity contribution in [2.24, 2.45) is 0 Å². The molecule has 1 fully saturated rings. The molecule has 0 bridgehead atoms. The second-order valence-electron chi connectivity index (χ2n) is 8.00. The normalized spacial score (nSPS) is 17.8. The molecular weight excluding hydrogens is 348 g/mol. The van der Waals surface area contributed by atoms with Crippen molar-refractivity contribution < 1.29 is 9.53 Å². The zero-order chi connectivity index (χ0) is 20.0. The van der Waals surface area contributed by atoms with E-state index in [4.69, 9.17) is 4.74 Å². The van der Waals surface area contributed by atoms with Gasteiger partial charge in [-0.15, -0.1) is 0 Å². The number of benzene rings is 2. The molecule has 0 N–H and O–H groups in total. The maximum absolute atomic E-state index is 13.1. The Bertz CT molecular complexity index is 738. The van der Waals surface area contributed by atoms with Crippen LogP contribution in [0.4, 0.5) is 0 Å². The Labute approximate surface area is 169 Å². The van der Waals surface area contributed by atoms with Gasteiger partial charge in [-0.25, -0.2) is 0 Å². The van der Waals surface area contributed by atoms with Crippen LogP contribution in [0.25, 0.3) is 0 Å². The second kappa shape index (κ2) is 9.35. The molecule has 3 rings (SSSR count). The third kappa shape index (κ3) is 4.62. The molecule has 1 saturated heterocycles. The van der Waals surface area contributed by atoms with E-state index in [9.17, 15) is 4.79 Å². The van der Waals surface area contributed by atoms with Crippen molar-refractivity contribution in [3.8, 4) is 0 Å². The van der Waals surface area contributed by atoms with E-state index in [1.54, 1.807) is 12.0 Å². The van der Waals surface area contributed by atoms with Gasteiger partial charge in [-0.1, -0.05) is 60.7 Å². The summed E-state index contributed by atoms with van der Waals surface area (Å²) in [5.41, 5.74) is 2.03. The Morgan fingerprint density at radius 1 is 1.04 bits per heavy atom. The summed E-state index contributed by atoms with van der Waals surface area (Å²) >= 11 is 0. The number of likely N-dealkylation sites (N-methyl/N-ethyl adjacent to an activating group) is 1. The molecule has 1 atom stereocenters. The van der Waals surface area contributed by atoms with E-state index in [0.717, 1.165) is 44.5 Å². The highest BCUT2D eigenvalue weighted by atomic mass is 16.5. The Kier molecular flexibility index (Phi) is 6.87. The van der Waals surface area contributed by atoms with Crippen LogP contribution in [-0.4, -0.2) is 62.7 Å². The SMILES string of the molecule is COC(Cc1ccccc1)CN1CCC(C(=O)N(C)C)(c2ccccc2)CC1. The van der Waals surface area contributed by atoms with E-state index in [-0.39, 0.29) is 12.0 Å². The lowest BCUT2D eigenvalue weighted by atomic mass is 9.71. The van der Waals surface area contributed by atoms with Gasteiger partial charge < -0.3 is 14.5 Å². The number of hydrogen-bond acceptors (Lipinski definition) is 3. The molecule has 0 radical (unpaired) electrons. The molecule has 1 heterocycles. The summed E-state index contributed by atoms with van der Waals surface area (Å²) in [6.45, 7) is 2.71. The van der Waals surface area contributed by atoms with Gasteiger partial charge >= 0.3 is 0 Å². The number of amides is 1. The highest BCUT2D eigenvalue weighted by molar-refractivity contribution is 5.88. The molecule has 0 aromatic heterocycles. The molecular formula is C24H32N2O2. The number of piperidine rings is 1. The van der Waals surface area contributed by atoms with Crippen molar-refractivity contribution in [3.63, 3.8) is 0 Å². The van der Waals surface area contributed by atoms with Crippen LogP contribution < -0.4 is 0 Å². The number of methoxy groups -OCH3 is 1. The van der Waals surface area contributed by atoms with Gasteiger partial charge in [0.1, 0.15) is 0 Å². The number of hydrogen-bond donors (Lipinski definition) is 0. The maximum Gasteiger partial charge on any atom is 0.232 e. The fraction of sp³-hybridized carbons (Fsp3) is 0.458. The Hall–Kier alpha value is -2.17. The Balaban J connectivity index is 1.67. The molecule has 4 heteroatoms. The average Bonchev–Trinajstić information content (AvgIpc) is 2.74. The molecule has 1 aliphatic rings. The predicted octanol–water partition coefficient (Wildman–Crippen LogP) is 3.37. The zero-order valence-corrected chi connectivity index (χ0v) is 17.3. The maximum atomic E-state index is 13.1. The molecule has 0 aliphatic carbocycles. The van der Waals surface area contributed by atoms with Gasteiger partial charge in [0.15, 0.2) is 0 Å². The van der Waals surface area contributed by atoms with Crippen LogP contribution >= 0.6 is 0 Å². The minimum absolute atomic E-state index is 0.163. The lowest BCUT2D eigenvalue weighted by Crippen LogP contribution is -2.52. The van der Waals surface area contributed by atoms with Crippen LogP contribution in [0.2, 0.25) is 0 Å². The Morgan fingerprint density at radius 3 is 2.14 bits per heavy atom. The third-order valence-electron chi connectivity index (χ3n) is 5.95. The van der Waals surface area contributed by atoms with Crippen molar-refractivity contribution in [2.45, 2.75) is 30.8 Å². The number of rotatable bonds is 7.